The van der Waals surface area contributed by atoms with Gasteiger partial charge in [-0.1, -0.05) is 26.2 Å². The summed E-state index contributed by atoms with van der Waals surface area (Å²) in [4.78, 5) is 4.66. The van der Waals surface area contributed by atoms with Gasteiger partial charge in [-0.25, -0.2) is 4.98 Å². The molecular weight excluding hydrogens is 282 g/mol. The maximum atomic E-state index is 9.50. The van der Waals surface area contributed by atoms with E-state index in [4.69, 9.17) is 4.42 Å². The topological polar surface area (TPSA) is 46.3 Å². The zero-order valence-electron chi connectivity index (χ0n) is 12.1. The number of phenolic OH excluding ortho intramolecular Hbond substituents is 1. The lowest BCUT2D eigenvalue weighted by molar-refractivity contribution is 0.476. The zero-order chi connectivity index (χ0) is 14.7. The summed E-state index contributed by atoms with van der Waals surface area (Å²) in [7, 11) is 0. The number of fused-ring (bicyclic) bond motifs is 1. The summed E-state index contributed by atoms with van der Waals surface area (Å²) >= 11 is 1.62. The van der Waals surface area contributed by atoms with Crippen molar-refractivity contribution < 1.29 is 9.52 Å². The standard InChI is InChI=1S/C17H19NO2S/c1-2-3-4-5-6-13-11-21-17(18-13)16-10-12-9-14(19)7-8-15(12)20-16/h7-11,19H,2-6H2,1H3. The molecule has 0 amide bonds. The Labute approximate surface area is 128 Å². The van der Waals surface area contributed by atoms with E-state index >= 15 is 0 Å². The lowest BCUT2D eigenvalue weighted by Gasteiger charge is -1.96. The van der Waals surface area contributed by atoms with Gasteiger partial charge < -0.3 is 9.52 Å². The summed E-state index contributed by atoms with van der Waals surface area (Å²) < 4.78 is 5.80. The molecule has 3 rings (SSSR count). The third kappa shape index (κ3) is 3.27. The minimum Gasteiger partial charge on any atom is -0.508 e. The number of hydrogen-bond donors (Lipinski definition) is 1. The number of hydrogen-bond acceptors (Lipinski definition) is 4. The van der Waals surface area contributed by atoms with E-state index in [2.05, 4.69) is 17.3 Å². The van der Waals surface area contributed by atoms with Crippen LogP contribution in [0.4, 0.5) is 0 Å². The summed E-state index contributed by atoms with van der Waals surface area (Å²) in [6.07, 6.45) is 6.06. The summed E-state index contributed by atoms with van der Waals surface area (Å²) in [5, 5.41) is 13.4. The van der Waals surface area contributed by atoms with E-state index in [1.807, 2.05) is 6.07 Å². The van der Waals surface area contributed by atoms with Crippen LogP contribution in [-0.2, 0) is 6.42 Å². The normalized spacial score (nSPS) is 11.3. The predicted molar refractivity (Wildman–Crippen MR) is 86.8 cm³/mol. The number of nitrogens with zero attached hydrogens (tertiary/aromatic N) is 1. The van der Waals surface area contributed by atoms with Crippen LogP contribution in [0.15, 0.2) is 34.1 Å². The van der Waals surface area contributed by atoms with Crippen molar-refractivity contribution in [2.45, 2.75) is 39.0 Å². The Morgan fingerprint density at radius 3 is 2.95 bits per heavy atom. The van der Waals surface area contributed by atoms with Crippen LogP contribution in [0, 0.1) is 0 Å². The van der Waals surface area contributed by atoms with Gasteiger partial charge in [0.2, 0.25) is 0 Å². The molecule has 0 fully saturated rings. The number of aromatic nitrogens is 1. The van der Waals surface area contributed by atoms with E-state index in [9.17, 15) is 5.11 Å². The average molecular weight is 301 g/mol. The average Bonchev–Trinajstić information content (AvgIpc) is 3.09. The highest BCUT2D eigenvalue weighted by Gasteiger charge is 2.11. The Balaban J connectivity index is 1.75. The molecule has 2 heterocycles. The number of phenols is 1. The van der Waals surface area contributed by atoms with Crippen molar-refractivity contribution in [2.24, 2.45) is 0 Å². The lowest BCUT2D eigenvalue weighted by atomic mass is 10.1. The quantitative estimate of drug-likeness (QED) is 0.621. The number of furan rings is 1. The van der Waals surface area contributed by atoms with Gasteiger partial charge in [-0.15, -0.1) is 11.3 Å². The van der Waals surface area contributed by atoms with E-state index in [-0.39, 0.29) is 5.75 Å². The zero-order valence-corrected chi connectivity index (χ0v) is 12.9. The maximum absolute atomic E-state index is 9.50. The third-order valence-corrected chi connectivity index (χ3v) is 4.45. The molecule has 0 saturated carbocycles. The second-order valence-electron chi connectivity index (χ2n) is 5.29. The Hall–Kier alpha value is -1.81. The van der Waals surface area contributed by atoms with Crippen LogP contribution >= 0.6 is 11.3 Å². The van der Waals surface area contributed by atoms with Crippen molar-refractivity contribution in [1.29, 1.82) is 0 Å². The first-order valence-corrected chi connectivity index (χ1v) is 8.31. The molecule has 0 bridgehead atoms. The SMILES string of the molecule is CCCCCCc1csc(-c2cc3cc(O)ccc3o2)n1. The molecule has 110 valence electrons. The van der Waals surface area contributed by atoms with Crippen molar-refractivity contribution in [1.82, 2.24) is 4.98 Å². The van der Waals surface area contributed by atoms with Crippen molar-refractivity contribution in [3.05, 3.63) is 35.3 Å². The Morgan fingerprint density at radius 1 is 1.19 bits per heavy atom. The lowest BCUT2D eigenvalue weighted by Crippen LogP contribution is -1.86. The first kappa shape index (κ1) is 14.1. The maximum Gasteiger partial charge on any atom is 0.164 e. The Bertz CT molecular complexity index is 729. The van der Waals surface area contributed by atoms with Gasteiger partial charge >= 0.3 is 0 Å². The van der Waals surface area contributed by atoms with Crippen molar-refractivity contribution in [3.8, 4) is 16.5 Å². The number of unbranched alkanes of at least 4 members (excludes halogenated alkanes) is 3. The molecule has 3 nitrogen and oxygen atoms in total. The molecule has 3 aromatic rings. The fourth-order valence-electron chi connectivity index (χ4n) is 2.40. The molecule has 2 aromatic heterocycles. The summed E-state index contributed by atoms with van der Waals surface area (Å²) in [6, 6.07) is 7.07. The second kappa shape index (κ2) is 6.31. The smallest absolute Gasteiger partial charge is 0.164 e. The van der Waals surface area contributed by atoms with E-state index in [0.717, 1.165) is 33.9 Å². The predicted octanol–water partition coefficient (Wildman–Crippen LogP) is 5.38. The molecule has 4 heteroatoms. The highest BCUT2D eigenvalue weighted by Crippen LogP contribution is 2.31. The van der Waals surface area contributed by atoms with Crippen LogP contribution in [-0.4, -0.2) is 10.1 Å². The number of aromatic hydroxyl groups is 1. The molecule has 0 spiro atoms. The van der Waals surface area contributed by atoms with Gasteiger partial charge in [0.1, 0.15) is 11.3 Å². The minimum absolute atomic E-state index is 0.255. The van der Waals surface area contributed by atoms with Crippen LogP contribution in [0.5, 0.6) is 5.75 Å². The molecule has 0 saturated heterocycles. The van der Waals surface area contributed by atoms with Gasteiger partial charge in [0.15, 0.2) is 10.8 Å². The van der Waals surface area contributed by atoms with Crippen LogP contribution in [0.3, 0.4) is 0 Å². The Morgan fingerprint density at radius 2 is 2.10 bits per heavy atom. The second-order valence-corrected chi connectivity index (χ2v) is 6.15. The van der Waals surface area contributed by atoms with E-state index < -0.39 is 0 Å². The fraction of sp³-hybridized carbons (Fsp3) is 0.353. The van der Waals surface area contributed by atoms with Crippen molar-refractivity contribution >= 4 is 22.3 Å². The molecule has 0 aliphatic carbocycles. The molecule has 1 aromatic carbocycles. The van der Waals surface area contributed by atoms with Crippen molar-refractivity contribution in [2.75, 3.05) is 0 Å². The van der Waals surface area contributed by atoms with Gasteiger partial charge in [0, 0.05) is 10.8 Å². The number of rotatable bonds is 6. The van der Waals surface area contributed by atoms with E-state index in [1.165, 1.54) is 25.7 Å². The van der Waals surface area contributed by atoms with Crippen LogP contribution < -0.4 is 0 Å². The van der Waals surface area contributed by atoms with Gasteiger partial charge in [-0.3, -0.25) is 0 Å². The molecular formula is C17H19NO2S. The molecule has 0 radical (unpaired) electrons. The highest BCUT2D eigenvalue weighted by atomic mass is 32.1. The van der Waals surface area contributed by atoms with Crippen molar-refractivity contribution in [3.63, 3.8) is 0 Å². The fourth-order valence-corrected chi connectivity index (χ4v) is 3.21. The molecule has 1 N–H and O–H groups in total. The largest absolute Gasteiger partial charge is 0.508 e. The summed E-state index contributed by atoms with van der Waals surface area (Å²) in [6.45, 7) is 2.22. The monoisotopic (exact) mass is 301 g/mol. The first-order chi connectivity index (χ1) is 10.3. The van der Waals surface area contributed by atoms with Crippen LogP contribution in [0.2, 0.25) is 0 Å². The van der Waals surface area contributed by atoms with Gasteiger partial charge in [-0.2, -0.15) is 0 Å². The van der Waals surface area contributed by atoms with Crippen LogP contribution in [0.25, 0.3) is 21.7 Å². The first-order valence-electron chi connectivity index (χ1n) is 7.43. The molecule has 0 aliphatic rings. The van der Waals surface area contributed by atoms with E-state index in [0.29, 0.717) is 0 Å². The molecule has 21 heavy (non-hydrogen) atoms. The summed E-state index contributed by atoms with van der Waals surface area (Å²) in [5.41, 5.74) is 1.93. The molecule has 0 atom stereocenters. The van der Waals surface area contributed by atoms with Gasteiger partial charge in [0.25, 0.3) is 0 Å². The van der Waals surface area contributed by atoms with Crippen LogP contribution in [0.1, 0.15) is 38.3 Å². The van der Waals surface area contributed by atoms with Gasteiger partial charge in [-0.05, 0) is 37.1 Å². The highest BCUT2D eigenvalue weighted by molar-refractivity contribution is 7.13. The van der Waals surface area contributed by atoms with Gasteiger partial charge in [0.05, 0.1) is 5.69 Å². The number of benzene rings is 1. The summed E-state index contributed by atoms with van der Waals surface area (Å²) in [5.74, 6) is 1.03. The van der Waals surface area contributed by atoms with E-state index in [1.54, 1.807) is 29.5 Å². The molecule has 0 aliphatic heterocycles. The molecule has 0 unspecified atom stereocenters. The minimum atomic E-state index is 0.255. The Kier molecular flexibility index (Phi) is 4.25. The number of thiazole rings is 1. The number of aryl methyl sites for hydroxylation is 1. The third-order valence-electron chi connectivity index (χ3n) is 3.55.